The molecule has 0 radical (unpaired) electrons. The van der Waals surface area contributed by atoms with Crippen LogP contribution in [0.4, 0.5) is 0 Å². The molecule has 1 rings (SSSR count). The molecule has 0 unspecified atom stereocenters. The smallest absolute Gasteiger partial charge is 1.00 e. The number of benzene rings is 1. The molecule has 0 aliphatic carbocycles. The second-order valence-electron chi connectivity index (χ2n) is 2.28. The third kappa shape index (κ3) is 3.87. The molecule has 3 nitrogen and oxygen atoms in total. The third-order valence-electron chi connectivity index (χ3n) is 1.37. The normalized spacial score (nSPS) is 8.29. The van der Waals surface area contributed by atoms with Gasteiger partial charge in [-0.25, -0.2) is 9.59 Å². The van der Waals surface area contributed by atoms with E-state index in [0.29, 0.717) is 5.56 Å². The van der Waals surface area contributed by atoms with Crippen LogP contribution in [-0.4, -0.2) is 11.9 Å². The molecule has 0 atom stereocenters. The Morgan fingerprint density at radius 3 is 2.36 bits per heavy atom. The Kier molecular flexibility index (Phi) is 6.12. The Hall–Kier alpha value is -0.900. The van der Waals surface area contributed by atoms with Gasteiger partial charge in [-0.3, -0.25) is 0 Å². The van der Waals surface area contributed by atoms with E-state index in [1.165, 1.54) is 0 Å². The van der Waals surface area contributed by atoms with Gasteiger partial charge in [-0.1, -0.05) is 24.8 Å². The summed E-state index contributed by atoms with van der Waals surface area (Å²) in [6, 6.07) is 8.29. The van der Waals surface area contributed by atoms with Crippen molar-refractivity contribution in [3.63, 3.8) is 0 Å². The first-order valence-corrected chi connectivity index (χ1v) is 3.67. The van der Waals surface area contributed by atoms with E-state index in [-0.39, 0.29) is 31.0 Å². The largest absolute Gasteiger partial charge is 1.00 e. The van der Waals surface area contributed by atoms with Crippen molar-refractivity contribution >= 4 is 11.9 Å². The van der Waals surface area contributed by atoms with Gasteiger partial charge in [0.15, 0.2) is 0 Å². The summed E-state index contributed by atoms with van der Waals surface area (Å²) in [5, 5.41) is 0. The van der Waals surface area contributed by atoms with Crippen molar-refractivity contribution in [2.45, 2.75) is 0 Å². The second-order valence-corrected chi connectivity index (χ2v) is 2.28. The van der Waals surface area contributed by atoms with Gasteiger partial charge in [0.2, 0.25) is 0 Å². The molecule has 68 valence electrons. The Labute approximate surface area is 106 Å². The fourth-order valence-corrected chi connectivity index (χ4v) is 0.766. The predicted molar refractivity (Wildman–Crippen MR) is 48.2 cm³/mol. The molecule has 0 amide bonds. The Balaban J connectivity index is 0. The van der Waals surface area contributed by atoms with Crippen LogP contribution < -0.4 is 29.6 Å². The average molecular weight is 200 g/mol. The molecule has 0 aliphatic heterocycles. The maximum absolute atomic E-state index is 11.1. The van der Waals surface area contributed by atoms with Gasteiger partial charge >= 0.3 is 41.5 Å². The van der Waals surface area contributed by atoms with Crippen molar-refractivity contribution in [1.82, 2.24) is 0 Å². The number of carbonyl (C=O) groups excluding carboxylic acids is 2. The van der Waals surface area contributed by atoms with Crippen LogP contribution in [0.1, 0.15) is 11.8 Å². The molecule has 0 aliphatic rings. The predicted octanol–water partition coefficient (Wildman–Crippen LogP) is -1.33. The Morgan fingerprint density at radius 2 is 1.86 bits per heavy atom. The van der Waals surface area contributed by atoms with Gasteiger partial charge in [0.1, 0.15) is 0 Å². The van der Waals surface area contributed by atoms with Crippen molar-refractivity contribution in [3.8, 4) is 0 Å². The Morgan fingerprint density at radius 1 is 1.29 bits per heavy atom. The van der Waals surface area contributed by atoms with E-state index in [4.69, 9.17) is 0 Å². The van der Waals surface area contributed by atoms with E-state index >= 15 is 0 Å². The van der Waals surface area contributed by atoms with Gasteiger partial charge in [-0.15, -0.1) is 0 Å². The first kappa shape index (κ1) is 13.1. The van der Waals surface area contributed by atoms with Gasteiger partial charge in [-0.2, -0.15) is 0 Å². The minimum atomic E-state index is -0.742. The first-order chi connectivity index (χ1) is 6.24. The van der Waals surface area contributed by atoms with Crippen LogP contribution in [0, 0.1) is 0 Å². The SMILES string of the molecule is C=CC(=O)OC(=O)c1ccccc1.[H-].[Na+]. The summed E-state index contributed by atoms with van der Waals surface area (Å²) in [5.74, 6) is -1.40. The second kappa shape index (κ2) is 6.54. The van der Waals surface area contributed by atoms with Crippen LogP contribution in [0.25, 0.3) is 0 Å². The summed E-state index contributed by atoms with van der Waals surface area (Å²) in [7, 11) is 0. The molecular formula is C10H9NaO3. The number of carbonyl (C=O) groups is 2. The zero-order valence-electron chi connectivity index (χ0n) is 8.90. The topological polar surface area (TPSA) is 43.4 Å². The summed E-state index contributed by atoms with van der Waals surface area (Å²) in [6.45, 7) is 3.18. The minimum Gasteiger partial charge on any atom is -1.00 e. The summed E-state index contributed by atoms with van der Waals surface area (Å²) < 4.78 is 4.39. The average Bonchev–Trinajstić information content (AvgIpc) is 2.19. The van der Waals surface area contributed by atoms with Crippen LogP contribution in [-0.2, 0) is 9.53 Å². The fraction of sp³-hybridized carbons (Fsp3) is 0. The zero-order valence-corrected chi connectivity index (χ0v) is 9.90. The minimum absolute atomic E-state index is 0. The molecule has 0 saturated heterocycles. The van der Waals surface area contributed by atoms with E-state index in [1.54, 1.807) is 30.3 Å². The van der Waals surface area contributed by atoms with Gasteiger partial charge in [-0.05, 0) is 12.1 Å². The molecular weight excluding hydrogens is 191 g/mol. The van der Waals surface area contributed by atoms with E-state index in [9.17, 15) is 9.59 Å². The van der Waals surface area contributed by atoms with Gasteiger partial charge in [0, 0.05) is 6.08 Å². The maximum atomic E-state index is 11.1. The summed E-state index contributed by atoms with van der Waals surface area (Å²) in [5.41, 5.74) is 0.345. The fourth-order valence-electron chi connectivity index (χ4n) is 0.766. The van der Waals surface area contributed by atoms with Crippen molar-refractivity contribution in [2.75, 3.05) is 0 Å². The van der Waals surface area contributed by atoms with Gasteiger partial charge in [0.25, 0.3) is 0 Å². The summed E-state index contributed by atoms with van der Waals surface area (Å²) in [6.07, 6.45) is 0.945. The molecule has 0 spiro atoms. The summed E-state index contributed by atoms with van der Waals surface area (Å²) in [4.78, 5) is 21.8. The molecule has 0 aromatic heterocycles. The van der Waals surface area contributed by atoms with Crippen molar-refractivity contribution in [1.29, 1.82) is 0 Å². The molecule has 1 aromatic rings. The molecule has 14 heavy (non-hydrogen) atoms. The van der Waals surface area contributed by atoms with Crippen molar-refractivity contribution in [2.24, 2.45) is 0 Å². The maximum Gasteiger partial charge on any atom is 1.00 e. The molecule has 4 heteroatoms. The zero-order chi connectivity index (χ0) is 9.68. The van der Waals surface area contributed by atoms with Crippen LogP contribution in [0.2, 0.25) is 0 Å². The number of ether oxygens (including phenoxy) is 1. The van der Waals surface area contributed by atoms with E-state index < -0.39 is 11.9 Å². The molecule has 0 fully saturated rings. The number of hydrogen-bond acceptors (Lipinski definition) is 3. The van der Waals surface area contributed by atoms with Crippen LogP contribution in [0.5, 0.6) is 0 Å². The molecule has 0 bridgehead atoms. The molecule has 0 saturated carbocycles. The standard InChI is InChI=1S/C10H8O3.Na.H/c1-2-9(11)13-10(12)8-6-4-3-5-7-8;;/h2-7H,1H2;;/q;+1;-1. The third-order valence-corrected chi connectivity index (χ3v) is 1.37. The van der Waals surface area contributed by atoms with E-state index in [0.717, 1.165) is 6.08 Å². The quantitative estimate of drug-likeness (QED) is 0.257. The van der Waals surface area contributed by atoms with E-state index in [1.807, 2.05) is 0 Å². The van der Waals surface area contributed by atoms with Crippen LogP contribution in [0.3, 0.4) is 0 Å². The number of hydrogen-bond donors (Lipinski definition) is 0. The Bertz CT molecular complexity index is 338. The van der Waals surface area contributed by atoms with E-state index in [2.05, 4.69) is 11.3 Å². The number of esters is 2. The molecule has 0 heterocycles. The van der Waals surface area contributed by atoms with Crippen molar-refractivity contribution < 1.29 is 45.3 Å². The van der Waals surface area contributed by atoms with Crippen LogP contribution in [0.15, 0.2) is 43.0 Å². The monoisotopic (exact) mass is 200 g/mol. The molecule has 1 aromatic carbocycles. The summed E-state index contributed by atoms with van der Waals surface area (Å²) >= 11 is 0. The number of rotatable bonds is 2. The van der Waals surface area contributed by atoms with Crippen molar-refractivity contribution in [3.05, 3.63) is 48.6 Å². The first-order valence-electron chi connectivity index (χ1n) is 3.67. The van der Waals surface area contributed by atoms with Gasteiger partial charge < -0.3 is 6.16 Å². The van der Waals surface area contributed by atoms with Crippen LogP contribution >= 0.6 is 0 Å². The van der Waals surface area contributed by atoms with Gasteiger partial charge in [0.05, 0.1) is 5.56 Å². The molecule has 0 N–H and O–H groups in total.